The molecular weight excluding hydrogens is 358 g/mol. The Balaban J connectivity index is 1.62. The molecule has 0 bridgehead atoms. The minimum Gasteiger partial charge on any atom is -0.355 e. The summed E-state index contributed by atoms with van der Waals surface area (Å²) in [5.74, 6) is 0.108. The summed E-state index contributed by atoms with van der Waals surface area (Å²) in [6.45, 7) is 1.52. The maximum atomic E-state index is 12.9. The molecule has 11 heteroatoms. The van der Waals surface area contributed by atoms with Crippen molar-refractivity contribution in [2.75, 3.05) is 23.3 Å². The molecule has 142 valence electrons. The van der Waals surface area contributed by atoms with Crippen LogP contribution >= 0.6 is 0 Å². The van der Waals surface area contributed by atoms with E-state index in [2.05, 4.69) is 30.5 Å². The lowest BCUT2D eigenvalue weighted by molar-refractivity contribution is 0.102. The largest absolute Gasteiger partial charge is 0.355 e. The van der Waals surface area contributed by atoms with E-state index in [0.717, 1.165) is 19.4 Å². The number of aromatic amines is 1. The minimum atomic E-state index is -2.80. The fourth-order valence-corrected chi connectivity index (χ4v) is 3.17. The lowest BCUT2D eigenvalue weighted by atomic mass is 10.1. The van der Waals surface area contributed by atoms with Crippen molar-refractivity contribution in [1.82, 2.24) is 24.8 Å². The average molecular weight is 376 g/mol. The van der Waals surface area contributed by atoms with E-state index < -0.39 is 18.0 Å². The summed E-state index contributed by atoms with van der Waals surface area (Å²) >= 11 is 0. The quantitative estimate of drug-likeness (QED) is 0.636. The number of carbonyl (C=O) groups excluding carboxylic acids is 1. The number of rotatable bonds is 4. The van der Waals surface area contributed by atoms with Crippen LogP contribution < -0.4 is 16.0 Å². The number of hydrogen-bond donors (Lipinski definition) is 3. The Labute approximate surface area is 152 Å². The molecule has 9 nitrogen and oxygen atoms in total. The van der Waals surface area contributed by atoms with Gasteiger partial charge in [0.05, 0.1) is 11.9 Å². The Morgan fingerprint density at radius 2 is 2.30 bits per heavy atom. The molecule has 1 aliphatic heterocycles. The number of aromatic nitrogens is 5. The summed E-state index contributed by atoms with van der Waals surface area (Å²) in [4.78, 5) is 19.2. The normalized spacial score (nSPS) is 17.6. The highest BCUT2D eigenvalue weighted by Crippen LogP contribution is 2.25. The Morgan fingerprint density at radius 3 is 3.07 bits per heavy atom. The van der Waals surface area contributed by atoms with Crippen LogP contribution in [0.25, 0.3) is 5.65 Å². The second-order valence-corrected chi connectivity index (χ2v) is 6.40. The first-order chi connectivity index (χ1) is 13.0. The van der Waals surface area contributed by atoms with Gasteiger partial charge in [-0.25, -0.2) is 18.3 Å². The molecule has 1 aliphatic rings. The van der Waals surface area contributed by atoms with E-state index in [1.165, 1.54) is 16.9 Å². The van der Waals surface area contributed by atoms with Gasteiger partial charge in [0.15, 0.2) is 11.3 Å². The molecule has 27 heavy (non-hydrogen) atoms. The molecule has 3 aromatic rings. The van der Waals surface area contributed by atoms with E-state index >= 15 is 0 Å². The van der Waals surface area contributed by atoms with Gasteiger partial charge in [-0.2, -0.15) is 10.2 Å². The Hall–Kier alpha value is -3.08. The fourth-order valence-electron chi connectivity index (χ4n) is 3.17. The van der Waals surface area contributed by atoms with Gasteiger partial charge in [-0.05, 0) is 18.9 Å². The van der Waals surface area contributed by atoms with Gasteiger partial charge >= 0.3 is 0 Å². The zero-order chi connectivity index (χ0) is 19.0. The molecular formula is C16H18F2N8O. The van der Waals surface area contributed by atoms with E-state index in [-0.39, 0.29) is 17.3 Å². The Bertz CT molecular complexity index is 968. The highest BCUT2D eigenvalue weighted by Gasteiger charge is 2.22. The van der Waals surface area contributed by atoms with Crippen molar-refractivity contribution in [1.29, 1.82) is 0 Å². The van der Waals surface area contributed by atoms with Crippen molar-refractivity contribution in [2.24, 2.45) is 5.73 Å². The molecule has 4 heterocycles. The van der Waals surface area contributed by atoms with Crippen LogP contribution in [0.1, 0.15) is 35.3 Å². The summed E-state index contributed by atoms with van der Waals surface area (Å²) in [6, 6.07) is 1.89. The SMILES string of the molecule is N[C@H]1CCCN(c2ccn3ncc(C(=O)Nc4c[nH]nc4C(F)F)c3n2)C1. The van der Waals surface area contributed by atoms with Crippen LogP contribution in [0.5, 0.6) is 0 Å². The van der Waals surface area contributed by atoms with Crippen LogP contribution in [0.15, 0.2) is 24.7 Å². The van der Waals surface area contributed by atoms with Gasteiger partial charge in [0.2, 0.25) is 0 Å². The summed E-state index contributed by atoms with van der Waals surface area (Å²) in [7, 11) is 0. The lowest BCUT2D eigenvalue weighted by Crippen LogP contribution is -2.43. The van der Waals surface area contributed by atoms with Crippen LogP contribution in [0, 0.1) is 0 Å². The minimum absolute atomic E-state index is 0.0764. The number of nitrogens with one attached hydrogen (secondary N) is 2. The predicted octanol–water partition coefficient (Wildman–Crippen LogP) is 1.57. The number of hydrogen-bond acceptors (Lipinski definition) is 6. The number of halogens is 2. The Kier molecular flexibility index (Phi) is 4.44. The van der Waals surface area contributed by atoms with E-state index in [9.17, 15) is 13.6 Å². The van der Waals surface area contributed by atoms with E-state index in [4.69, 9.17) is 5.73 Å². The van der Waals surface area contributed by atoms with Crippen molar-refractivity contribution >= 4 is 23.1 Å². The average Bonchev–Trinajstić information content (AvgIpc) is 3.27. The van der Waals surface area contributed by atoms with Gasteiger partial charge in [0.1, 0.15) is 11.4 Å². The third kappa shape index (κ3) is 3.33. The third-order valence-corrected chi connectivity index (χ3v) is 4.51. The molecule has 0 saturated carbocycles. The molecule has 3 aromatic heterocycles. The monoisotopic (exact) mass is 376 g/mol. The Morgan fingerprint density at radius 1 is 1.44 bits per heavy atom. The standard InChI is InChI=1S/C16H18F2N8O/c17-14(18)13-11(7-20-24-13)22-16(27)10-6-21-26-5-3-12(23-15(10)26)25-4-1-2-9(19)8-25/h3,5-7,9,14H,1-2,4,8,19H2,(H,20,24)(H,22,27)/t9-/m0/s1. The van der Waals surface area contributed by atoms with Crippen LogP contribution in [0.3, 0.4) is 0 Å². The number of nitrogens with two attached hydrogens (primary N) is 1. The van der Waals surface area contributed by atoms with E-state index in [0.29, 0.717) is 18.0 Å². The van der Waals surface area contributed by atoms with Crippen LogP contribution in [0.4, 0.5) is 20.3 Å². The van der Waals surface area contributed by atoms with Crippen molar-refractivity contribution in [3.05, 3.63) is 35.9 Å². The molecule has 4 rings (SSSR count). The maximum Gasteiger partial charge on any atom is 0.284 e. The van der Waals surface area contributed by atoms with Crippen LogP contribution in [0.2, 0.25) is 0 Å². The number of carbonyl (C=O) groups is 1. The molecule has 1 fully saturated rings. The number of fused-ring (bicyclic) bond motifs is 1. The second-order valence-electron chi connectivity index (χ2n) is 6.40. The first-order valence-corrected chi connectivity index (χ1v) is 8.51. The topological polar surface area (TPSA) is 117 Å². The molecule has 1 saturated heterocycles. The summed E-state index contributed by atoms with van der Waals surface area (Å²) in [5, 5.41) is 12.3. The highest BCUT2D eigenvalue weighted by molar-refractivity contribution is 6.08. The molecule has 0 aromatic carbocycles. The van der Waals surface area contributed by atoms with Crippen molar-refractivity contribution in [2.45, 2.75) is 25.3 Å². The predicted molar refractivity (Wildman–Crippen MR) is 93.9 cm³/mol. The molecule has 0 radical (unpaired) electrons. The molecule has 0 spiro atoms. The van der Waals surface area contributed by atoms with Gasteiger partial charge in [-0.15, -0.1) is 0 Å². The second kappa shape index (κ2) is 6.91. The summed E-state index contributed by atoms with van der Waals surface area (Å²) in [6.07, 6.45) is 3.40. The van der Waals surface area contributed by atoms with Crippen molar-refractivity contribution < 1.29 is 13.6 Å². The number of anilines is 2. The molecule has 1 atom stereocenters. The lowest BCUT2D eigenvalue weighted by Gasteiger charge is -2.31. The molecule has 0 aliphatic carbocycles. The van der Waals surface area contributed by atoms with Gasteiger partial charge in [0, 0.05) is 31.5 Å². The first kappa shape index (κ1) is 17.3. The van der Waals surface area contributed by atoms with Crippen molar-refractivity contribution in [3.8, 4) is 0 Å². The van der Waals surface area contributed by atoms with Crippen LogP contribution in [-0.2, 0) is 0 Å². The fraction of sp³-hybridized carbons (Fsp3) is 0.375. The molecule has 1 amide bonds. The number of amides is 1. The highest BCUT2D eigenvalue weighted by atomic mass is 19.3. The van der Waals surface area contributed by atoms with Gasteiger partial charge in [-0.1, -0.05) is 0 Å². The van der Waals surface area contributed by atoms with E-state index in [1.54, 1.807) is 6.20 Å². The molecule has 0 unspecified atom stereocenters. The number of nitrogens with zero attached hydrogens (tertiary/aromatic N) is 5. The van der Waals surface area contributed by atoms with Crippen molar-refractivity contribution in [3.63, 3.8) is 0 Å². The summed E-state index contributed by atoms with van der Waals surface area (Å²) in [5.41, 5.74) is 5.95. The number of piperidine rings is 1. The smallest absolute Gasteiger partial charge is 0.284 e. The van der Waals surface area contributed by atoms with Crippen LogP contribution in [-0.4, -0.2) is 49.8 Å². The van der Waals surface area contributed by atoms with E-state index in [1.807, 2.05) is 6.07 Å². The van der Waals surface area contributed by atoms with Gasteiger partial charge in [-0.3, -0.25) is 9.89 Å². The maximum absolute atomic E-state index is 12.9. The zero-order valence-corrected chi connectivity index (χ0v) is 14.3. The zero-order valence-electron chi connectivity index (χ0n) is 14.3. The van der Waals surface area contributed by atoms with Gasteiger partial charge in [0.25, 0.3) is 12.3 Å². The first-order valence-electron chi connectivity index (χ1n) is 8.51. The number of H-pyrrole nitrogens is 1. The summed E-state index contributed by atoms with van der Waals surface area (Å²) < 4.78 is 27.3. The van der Waals surface area contributed by atoms with Gasteiger partial charge < -0.3 is 16.0 Å². The number of alkyl halides is 2. The third-order valence-electron chi connectivity index (χ3n) is 4.51. The molecule has 4 N–H and O–H groups in total.